The topological polar surface area (TPSA) is 104 Å². The maximum Gasteiger partial charge on any atom is 0.329 e. The second kappa shape index (κ2) is 6.72. The van der Waals surface area contributed by atoms with Gasteiger partial charge in [-0.1, -0.05) is 0 Å². The lowest BCUT2D eigenvalue weighted by molar-refractivity contribution is -0.114. The Morgan fingerprint density at radius 1 is 1.23 bits per heavy atom. The number of hydrogen-bond donors (Lipinski definition) is 3. The molecule has 0 atom stereocenters. The Morgan fingerprint density at radius 3 is 2.46 bits per heavy atom. The van der Waals surface area contributed by atoms with E-state index in [1.807, 2.05) is 0 Å². The van der Waals surface area contributed by atoms with Gasteiger partial charge in [0.15, 0.2) is 0 Å². The summed E-state index contributed by atoms with van der Waals surface area (Å²) in [6.45, 7) is 5.00. The van der Waals surface area contributed by atoms with E-state index in [9.17, 15) is 19.5 Å². The number of anilines is 1. The van der Waals surface area contributed by atoms with Crippen LogP contribution in [-0.4, -0.2) is 26.2 Å². The molecule has 140 valence electrons. The van der Waals surface area contributed by atoms with E-state index in [1.165, 1.54) is 11.5 Å². The predicted octanol–water partition coefficient (Wildman–Crippen LogP) is 2.15. The minimum Gasteiger partial charge on any atom is -0.390 e. The molecule has 0 aliphatic heterocycles. The summed E-state index contributed by atoms with van der Waals surface area (Å²) >= 11 is 0. The number of rotatable bonds is 3. The second-order valence-corrected chi connectivity index (χ2v) is 7.71. The first-order valence-electron chi connectivity index (χ1n) is 8.95. The molecule has 3 N–H and O–H groups in total. The summed E-state index contributed by atoms with van der Waals surface area (Å²) in [5.74, 6) is -0.0561. The number of H-pyrrole nitrogens is 1. The van der Waals surface area contributed by atoms with Gasteiger partial charge < -0.3 is 15.4 Å². The molecule has 1 heterocycles. The predicted molar refractivity (Wildman–Crippen MR) is 100 cm³/mol. The van der Waals surface area contributed by atoms with E-state index < -0.39 is 11.3 Å². The van der Waals surface area contributed by atoms with Gasteiger partial charge in [-0.15, -0.1) is 0 Å². The Hall–Kier alpha value is -2.41. The normalized spacial score (nSPS) is 20.9. The molecule has 7 nitrogen and oxygen atoms in total. The number of carbonyl (C=O) groups excluding carboxylic acids is 1. The molecule has 1 aliphatic rings. The van der Waals surface area contributed by atoms with Crippen molar-refractivity contribution in [1.82, 2.24) is 9.55 Å². The van der Waals surface area contributed by atoms with Crippen molar-refractivity contribution in [2.75, 3.05) is 5.32 Å². The molecule has 2 aromatic rings. The Bertz CT molecular complexity index is 944. The van der Waals surface area contributed by atoms with Gasteiger partial charge in [-0.2, -0.15) is 0 Å². The summed E-state index contributed by atoms with van der Waals surface area (Å²) in [7, 11) is 0. The van der Waals surface area contributed by atoms with E-state index in [2.05, 4.69) is 10.3 Å². The van der Waals surface area contributed by atoms with Crippen LogP contribution in [0.2, 0.25) is 0 Å². The van der Waals surface area contributed by atoms with Crippen LogP contribution < -0.4 is 16.6 Å². The monoisotopic (exact) mass is 359 g/mol. The number of benzene rings is 1. The Balaban J connectivity index is 1.97. The number of nitrogens with zero attached hydrogens (tertiary/aromatic N) is 1. The van der Waals surface area contributed by atoms with Gasteiger partial charge in [-0.25, -0.2) is 4.79 Å². The fourth-order valence-corrected chi connectivity index (χ4v) is 3.88. The van der Waals surface area contributed by atoms with Crippen molar-refractivity contribution in [2.45, 2.75) is 58.1 Å². The van der Waals surface area contributed by atoms with Crippen molar-refractivity contribution in [3.05, 3.63) is 39.0 Å². The zero-order chi connectivity index (χ0) is 19.1. The highest BCUT2D eigenvalue weighted by Gasteiger charge is 2.32. The van der Waals surface area contributed by atoms with Crippen molar-refractivity contribution in [3.8, 4) is 0 Å². The standard InChI is InChI=1S/C19H25N3O4/c1-11(23)20-13-6-9-16-15(10-13)17(24)22(18(25)21-16)14-7-4-12(5-8-14)19(2,3)26/h6,9-10,12,14,26H,4-5,7-8H2,1-3H3,(H,20,23)(H,21,25). The van der Waals surface area contributed by atoms with Gasteiger partial charge in [0.05, 0.1) is 16.5 Å². The first-order valence-corrected chi connectivity index (χ1v) is 8.95. The molecule has 0 bridgehead atoms. The number of fused-ring (bicyclic) bond motifs is 1. The maximum atomic E-state index is 12.9. The number of aromatic amines is 1. The molecule has 1 fully saturated rings. The zero-order valence-corrected chi connectivity index (χ0v) is 15.3. The minimum absolute atomic E-state index is 0.167. The van der Waals surface area contributed by atoms with Gasteiger partial charge in [0.25, 0.3) is 5.56 Å². The minimum atomic E-state index is -0.751. The maximum absolute atomic E-state index is 12.9. The van der Waals surface area contributed by atoms with Crippen LogP contribution in [0.1, 0.15) is 52.5 Å². The molecule has 0 spiro atoms. The number of aromatic nitrogens is 2. The van der Waals surface area contributed by atoms with Crippen LogP contribution >= 0.6 is 0 Å². The first kappa shape index (κ1) is 18.4. The Kier molecular flexibility index (Phi) is 4.75. The van der Waals surface area contributed by atoms with Gasteiger partial charge >= 0.3 is 5.69 Å². The molecule has 1 aromatic heterocycles. The zero-order valence-electron chi connectivity index (χ0n) is 15.3. The van der Waals surface area contributed by atoms with Gasteiger partial charge in [-0.05, 0) is 63.6 Å². The smallest absolute Gasteiger partial charge is 0.329 e. The SMILES string of the molecule is CC(=O)Nc1ccc2[nH]c(=O)n(C3CCC(C(C)(C)O)CC3)c(=O)c2c1. The number of aliphatic hydroxyl groups is 1. The van der Waals surface area contributed by atoms with Crippen molar-refractivity contribution in [1.29, 1.82) is 0 Å². The molecule has 7 heteroatoms. The fourth-order valence-electron chi connectivity index (χ4n) is 3.88. The lowest BCUT2D eigenvalue weighted by Crippen LogP contribution is -2.41. The lowest BCUT2D eigenvalue weighted by atomic mass is 9.77. The molecule has 1 aromatic carbocycles. The molecule has 26 heavy (non-hydrogen) atoms. The number of nitrogens with one attached hydrogen (secondary N) is 2. The number of hydrogen-bond acceptors (Lipinski definition) is 4. The van der Waals surface area contributed by atoms with Crippen molar-refractivity contribution in [3.63, 3.8) is 0 Å². The van der Waals surface area contributed by atoms with Crippen LogP contribution in [0.25, 0.3) is 10.9 Å². The van der Waals surface area contributed by atoms with Gasteiger partial charge in [0, 0.05) is 18.7 Å². The first-order chi connectivity index (χ1) is 12.2. The fraction of sp³-hybridized carbons (Fsp3) is 0.526. The molecule has 0 radical (unpaired) electrons. The second-order valence-electron chi connectivity index (χ2n) is 7.71. The summed E-state index contributed by atoms with van der Waals surface area (Å²) in [5.41, 5.74) is -0.537. The Labute approximate surface area is 151 Å². The number of carbonyl (C=O) groups is 1. The van der Waals surface area contributed by atoms with Gasteiger partial charge in [0.1, 0.15) is 0 Å². The van der Waals surface area contributed by atoms with E-state index in [4.69, 9.17) is 0 Å². The third kappa shape index (κ3) is 3.58. The average Bonchev–Trinajstić information content (AvgIpc) is 2.55. The van der Waals surface area contributed by atoms with Crippen LogP contribution in [0.3, 0.4) is 0 Å². The van der Waals surface area contributed by atoms with E-state index in [1.54, 1.807) is 32.0 Å². The van der Waals surface area contributed by atoms with Gasteiger partial charge in [0.2, 0.25) is 5.91 Å². The molecule has 1 amide bonds. The van der Waals surface area contributed by atoms with Gasteiger partial charge in [-0.3, -0.25) is 14.2 Å². The molecule has 0 unspecified atom stereocenters. The highest BCUT2D eigenvalue weighted by Crippen LogP contribution is 2.36. The van der Waals surface area contributed by atoms with Crippen LogP contribution in [0.15, 0.2) is 27.8 Å². The molecular formula is C19H25N3O4. The Morgan fingerprint density at radius 2 is 1.88 bits per heavy atom. The molecule has 1 saturated carbocycles. The van der Waals surface area contributed by atoms with Crippen LogP contribution in [-0.2, 0) is 4.79 Å². The third-order valence-electron chi connectivity index (χ3n) is 5.31. The quantitative estimate of drug-likeness (QED) is 0.781. The van der Waals surface area contributed by atoms with Crippen molar-refractivity contribution < 1.29 is 9.90 Å². The largest absolute Gasteiger partial charge is 0.390 e. The highest BCUT2D eigenvalue weighted by molar-refractivity contribution is 5.91. The van der Waals surface area contributed by atoms with E-state index in [-0.39, 0.29) is 23.4 Å². The van der Waals surface area contributed by atoms with Crippen LogP contribution in [0.5, 0.6) is 0 Å². The molecular weight excluding hydrogens is 334 g/mol. The van der Waals surface area contributed by atoms with Crippen LogP contribution in [0.4, 0.5) is 5.69 Å². The molecule has 1 aliphatic carbocycles. The lowest BCUT2D eigenvalue weighted by Gasteiger charge is -2.36. The summed E-state index contributed by atoms with van der Waals surface area (Å²) in [6, 6.07) is 4.68. The molecule has 3 rings (SSSR count). The average molecular weight is 359 g/mol. The van der Waals surface area contributed by atoms with Crippen molar-refractivity contribution in [2.24, 2.45) is 5.92 Å². The highest BCUT2D eigenvalue weighted by atomic mass is 16.3. The third-order valence-corrected chi connectivity index (χ3v) is 5.31. The van der Waals surface area contributed by atoms with Crippen LogP contribution in [0, 0.1) is 5.92 Å². The van der Waals surface area contributed by atoms with E-state index >= 15 is 0 Å². The summed E-state index contributed by atoms with van der Waals surface area (Å²) in [6.07, 6.45) is 2.89. The summed E-state index contributed by atoms with van der Waals surface area (Å²) < 4.78 is 1.29. The molecule has 0 saturated heterocycles. The van der Waals surface area contributed by atoms with E-state index in [0.29, 0.717) is 29.4 Å². The summed E-state index contributed by atoms with van der Waals surface area (Å²) in [5, 5.41) is 13.2. The summed E-state index contributed by atoms with van der Waals surface area (Å²) in [4.78, 5) is 39.4. The van der Waals surface area contributed by atoms with Crippen molar-refractivity contribution >= 4 is 22.5 Å². The number of amides is 1. The van der Waals surface area contributed by atoms with E-state index in [0.717, 1.165) is 12.8 Å².